The predicted molar refractivity (Wildman–Crippen MR) is 52.1 cm³/mol. The standard InChI is InChI=1S/C8H15N3O4/c1-8(2,3-5(9)12)11-7(15)10-4-6(13)14/h3-4H2,1-2H3,(H2,9,12)(H,13,14)(H2,10,11,15). The van der Waals surface area contributed by atoms with Gasteiger partial charge in [0.25, 0.3) is 0 Å². The third kappa shape index (κ3) is 7.29. The quantitative estimate of drug-likeness (QED) is 0.473. The van der Waals surface area contributed by atoms with E-state index < -0.39 is 30.0 Å². The fourth-order valence-electron chi connectivity index (χ4n) is 0.987. The van der Waals surface area contributed by atoms with E-state index in [0.717, 1.165) is 0 Å². The molecule has 0 heterocycles. The molecule has 0 spiro atoms. The van der Waals surface area contributed by atoms with Crippen LogP contribution in [0.1, 0.15) is 20.3 Å². The highest BCUT2D eigenvalue weighted by Crippen LogP contribution is 2.06. The summed E-state index contributed by atoms with van der Waals surface area (Å²) < 4.78 is 0. The van der Waals surface area contributed by atoms with Gasteiger partial charge >= 0.3 is 12.0 Å². The van der Waals surface area contributed by atoms with E-state index in [1.807, 2.05) is 0 Å². The molecule has 0 bridgehead atoms. The molecule has 7 nitrogen and oxygen atoms in total. The second-order valence-electron chi connectivity index (χ2n) is 3.73. The molecule has 0 atom stereocenters. The number of hydrogen-bond donors (Lipinski definition) is 4. The Morgan fingerprint density at radius 1 is 1.33 bits per heavy atom. The highest BCUT2D eigenvalue weighted by molar-refractivity contribution is 5.81. The van der Waals surface area contributed by atoms with Crippen molar-refractivity contribution < 1.29 is 19.5 Å². The minimum absolute atomic E-state index is 0.0203. The normalized spacial score (nSPS) is 10.5. The van der Waals surface area contributed by atoms with Gasteiger partial charge in [0.05, 0.1) is 0 Å². The molecular weight excluding hydrogens is 202 g/mol. The molecule has 86 valence electrons. The lowest BCUT2D eigenvalue weighted by Gasteiger charge is -2.24. The van der Waals surface area contributed by atoms with Crippen LogP contribution in [0.3, 0.4) is 0 Å². The second kappa shape index (κ2) is 5.18. The minimum atomic E-state index is -1.14. The zero-order valence-corrected chi connectivity index (χ0v) is 8.66. The fraction of sp³-hybridized carbons (Fsp3) is 0.625. The number of rotatable bonds is 5. The maximum Gasteiger partial charge on any atom is 0.323 e. The summed E-state index contributed by atoms with van der Waals surface area (Å²) in [5.74, 6) is -1.68. The summed E-state index contributed by atoms with van der Waals surface area (Å²) in [7, 11) is 0. The molecule has 5 N–H and O–H groups in total. The van der Waals surface area contributed by atoms with E-state index in [1.54, 1.807) is 13.8 Å². The summed E-state index contributed by atoms with van der Waals surface area (Å²) in [6, 6.07) is -0.649. The number of aliphatic carboxylic acids is 1. The molecule has 0 saturated heterocycles. The van der Waals surface area contributed by atoms with E-state index in [4.69, 9.17) is 10.8 Å². The summed E-state index contributed by atoms with van der Waals surface area (Å²) >= 11 is 0. The van der Waals surface area contributed by atoms with Gasteiger partial charge in [-0.15, -0.1) is 0 Å². The molecule has 0 aliphatic rings. The van der Waals surface area contributed by atoms with Crippen LogP contribution in [0.15, 0.2) is 0 Å². The van der Waals surface area contributed by atoms with Crippen molar-refractivity contribution in [3.8, 4) is 0 Å². The van der Waals surface area contributed by atoms with Crippen molar-refractivity contribution in [2.45, 2.75) is 25.8 Å². The van der Waals surface area contributed by atoms with Gasteiger partial charge in [-0.25, -0.2) is 4.79 Å². The number of urea groups is 1. The maximum absolute atomic E-state index is 11.1. The van der Waals surface area contributed by atoms with E-state index in [-0.39, 0.29) is 6.42 Å². The van der Waals surface area contributed by atoms with Gasteiger partial charge < -0.3 is 21.5 Å². The molecule has 0 unspecified atom stereocenters. The van der Waals surface area contributed by atoms with Gasteiger partial charge in [-0.05, 0) is 13.8 Å². The molecular formula is C8H15N3O4. The van der Waals surface area contributed by atoms with Crippen LogP contribution in [-0.4, -0.2) is 35.1 Å². The average Bonchev–Trinajstić information content (AvgIpc) is 1.96. The van der Waals surface area contributed by atoms with Crippen molar-refractivity contribution >= 4 is 17.9 Å². The Morgan fingerprint density at radius 2 is 1.87 bits per heavy atom. The van der Waals surface area contributed by atoms with Crippen LogP contribution in [-0.2, 0) is 9.59 Å². The Labute approximate surface area is 87.0 Å². The Balaban J connectivity index is 4.04. The van der Waals surface area contributed by atoms with Crippen molar-refractivity contribution in [3.05, 3.63) is 0 Å². The molecule has 15 heavy (non-hydrogen) atoms. The van der Waals surface area contributed by atoms with Crippen LogP contribution in [0.2, 0.25) is 0 Å². The first-order valence-corrected chi connectivity index (χ1v) is 4.29. The Morgan fingerprint density at radius 3 is 2.27 bits per heavy atom. The van der Waals surface area contributed by atoms with E-state index in [9.17, 15) is 14.4 Å². The number of carbonyl (C=O) groups excluding carboxylic acids is 2. The lowest BCUT2D eigenvalue weighted by Crippen LogP contribution is -2.50. The smallest absolute Gasteiger partial charge is 0.323 e. The number of nitrogens with two attached hydrogens (primary N) is 1. The Kier molecular flexibility index (Phi) is 4.56. The molecule has 0 aliphatic carbocycles. The van der Waals surface area contributed by atoms with Gasteiger partial charge in [0.1, 0.15) is 6.54 Å². The van der Waals surface area contributed by atoms with Gasteiger partial charge in [0.15, 0.2) is 0 Å². The van der Waals surface area contributed by atoms with E-state index in [1.165, 1.54) is 0 Å². The number of nitrogens with one attached hydrogen (secondary N) is 2. The number of amides is 3. The molecule has 0 radical (unpaired) electrons. The highest BCUT2D eigenvalue weighted by atomic mass is 16.4. The van der Waals surface area contributed by atoms with Crippen LogP contribution in [0, 0.1) is 0 Å². The molecule has 0 saturated carbocycles. The Bertz CT molecular complexity index is 275. The average molecular weight is 217 g/mol. The second-order valence-corrected chi connectivity index (χ2v) is 3.73. The highest BCUT2D eigenvalue weighted by Gasteiger charge is 2.22. The van der Waals surface area contributed by atoms with Gasteiger partial charge in [-0.1, -0.05) is 0 Å². The SMILES string of the molecule is CC(C)(CC(N)=O)NC(=O)NCC(=O)O. The summed E-state index contributed by atoms with van der Waals surface area (Å²) in [4.78, 5) is 31.9. The number of carboxylic acids is 1. The van der Waals surface area contributed by atoms with Crippen molar-refractivity contribution in [1.29, 1.82) is 0 Å². The molecule has 0 aromatic rings. The van der Waals surface area contributed by atoms with E-state index >= 15 is 0 Å². The van der Waals surface area contributed by atoms with Crippen LogP contribution in [0.5, 0.6) is 0 Å². The van der Waals surface area contributed by atoms with Gasteiger partial charge in [-0.3, -0.25) is 9.59 Å². The van der Waals surface area contributed by atoms with Crippen molar-refractivity contribution in [2.24, 2.45) is 5.73 Å². The van der Waals surface area contributed by atoms with Gasteiger partial charge in [-0.2, -0.15) is 0 Å². The Hall–Kier alpha value is -1.79. The molecule has 0 aromatic carbocycles. The van der Waals surface area contributed by atoms with Crippen molar-refractivity contribution in [3.63, 3.8) is 0 Å². The first kappa shape index (κ1) is 13.2. The number of primary amides is 1. The predicted octanol–water partition coefficient (Wildman–Crippen LogP) is -0.976. The van der Waals surface area contributed by atoms with Crippen LogP contribution < -0.4 is 16.4 Å². The third-order valence-electron chi connectivity index (χ3n) is 1.47. The molecule has 3 amide bonds. The molecule has 0 rings (SSSR count). The van der Waals surface area contributed by atoms with Crippen molar-refractivity contribution in [1.82, 2.24) is 10.6 Å². The zero-order valence-electron chi connectivity index (χ0n) is 8.66. The molecule has 7 heteroatoms. The topological polar surface area (TPSA) is 122 Å². The monoisotopic (exact) mass is 217 g/mol. The van der Waals surface area contributed by atoms with Gasteiger partial charge in [0.2, 0.25) is 5.91 Å². The zero-order chi connectivity index (χ0) is 12.1. The van der Waals surface area contributed by atoms with Crippen LogP contribution in [0.25, 0.3) is 0 Å². The fourth-order valence-corrected chi connectivity index (χ4v) is 0.987. The first-order chi connectivity index (χ1) is 6.73. The minimum Gasteiger partial charge on any atom is -0.480 e. The molecule has 0 fully saturated rings. The largest absolute Gasteiger partial charge is 0.480 e. The third-order valence-corrected chi connectivity index (χ3v) is 1.47. The van der Waals surface area contributed by atoms with E-state index in [2.05, 4.69) is 10.6 Å². The van der Waals surface area contributed by atoms with E-state index in [0.29, 0.717) is 0 Å². The van der Waals surface area contributed by atoms with Crippen LogP contribution >= 0.6 is 0 Å². The number of hydrogen-bond acceptors (Lipinski definition) is 3. The summed E-state index contributed by atoms with van der Waals surface area (Å²) in [6.45, 7) is 2.74. The maximum atomic E-state index is 11.1. The summed E-state index contributed by atoms with van der Waals surface area (Å²) in [5.41, 5.74) is 4.17. The van der Waals surface area contributed by atoms with Crippen LogP contribution in [0.4, 0.5) is 4.79 Å². The number of carboxylic acid groups (broad SMARTS) is 1. The summed E-state index contributed by atoms with van der Waals surface area (Å²) in [5, 5.41) is 12.8. The van der Waals surface area contributed by atoms with Gasteiger partial charge in [0, 0.05) is 12.0 Å². The molecule has 0 aliphatic heterocycles. The summed E-state index contributed by atoms with van der Waals surface area (Å²) in [6.07, 6.45) is -0.0203. The first-order valence-electron chi connectivity index (χ1n) is 4.29. The lowest BCUT2D eigenvalue weighted by atomic mass is 10.0. The number of carbonyl (C=O) groups is 3. The molecule has 0 aromatic heterocycles. The lowest BCUT2D eigenvalue weighted by molar-refractivity contribution is -0.135. The van der Waals surface area contributed by atoms with Crippen molar-refractivity contribution in [2.75, 3.05) is 6.54 Å².